The summed E-state index contributed by atoms with van der Waals surface area (Å²) in [6.45, 7) is 7.94. The molecule has 4 nitrogen and oxygen atoms in total. The van der Waals surface area contributed by atoms with Crippen LogP contribution in [0.25, 0.3) is 0 Å². The normalized spacial score (nSPS) is 24.2. The van der Waals surface area contributed by atoms with Crippen molar-refractivity contribution < 1.29 is 9.59 Å². The maximum Gasteiger partial charge on any atom is 0.248 e. The molecule has 0 radical (unpaired) electrons. The molecule has 0 saturated carbocycles. The molecule has 1 atom stereocenters. The Morgan fingerprint density at radius 3 is 2.59 bits per heavy atom. The van der Waals surface area contributed by atoms with E-state index in [9.17, 15) is 9.59 Å². The first-order valence-corrected chi connectivity index (χ1v) is 6.18. The summed E-state index contributed by atoms with van der Waals surface area (Å²) in [6, 6.07) is -0.322. The van der Waals surface area contributed by atoms with Crippen LogP contribution in [0.15, 0.2) is 12.2 Å². The summed E-state index contributed by atoms with van der Waals surface area (Å²) in [4.78, 5) is 25.9. The van der Waals surface area contributed by atoms with E-state index in [1.807, 2.05) is 26.0 Å². The molecular formula is C13H22N2O2. The third-order valence-electron chi connectivity index (χ3n) is 3.01. The summed E-state index contributed by atoms with van der Waals surface area (Å²) in [5.41, 5.74) is -0.789. The molecule has 0 aliphatic carbocycles. The van der Waals surface area contributed by atoms with Crippen LogP contribution in [0.1, 0.15) is 40.5 Å². The van der Waals surface area contributed by atoms with E-state index < -0.39 is 5.54 Å². The van der Waals surface area contributed by atoms with Gasteiger partial charge in [0.2, 0.25) is 11.8 Å². The number of hydrogen-bond acceptors (Lipinski definition) is 2. The van der Waals surface area contributed by atoms with Gasteiger partial charge in [-0.3, -0.25) is 9.59 Å². The van der Waals surface area contributed by atoms with Gasteiger partial charge in [-0.25, -0.2) is 0 Å². The number of amides is 2. The number of nitrogens with zero attached hydrogens (tertiary/aromatic N) is 1. The zero-order valence-corrected chi connectivity index (χ0v) is 11.1. The maximum absolute atomic E-state index is 12.3. The van der Waals surface area contributed by atoms with Crippen molar-refractivity contribution in [1.29, 1.82) is 0 Å². The summed E-state index contributed by atoms with van der Waals surface area (Å²) < 4.78 is 0. The van der Waals surface area contributed by atoms with Gasteiger partial charge in [0.25, 0.3) is 0 Å². The fourth-order valence-corrected chi connectivity index (χ4v) is 2.08. The fraction of sp³-hybridized carbons (Fsp3) is 0.692. The van der Waals surface area contributed by atoms with Gasteiger partial charge in [0.15, 0.2) is 0 Å². The van der Waals surface area contributed by atoms with Crippen molar-refractivity contribution in [2.24, 2.45) is 0 Å². The highest BCUT2D eigenvalue weighted by Crippen LogP contribution is 2.20. The first kappa shape index (κ1) is 13.7. The molecule has 0 aromatic rings. The van der Waals surface area contributed by atoms with Crippen LogP contribution in [0.2, 0.25) is 0 Å². The highest BCUT2D eigenvalue weighted by molar-refractivity contribution is 5.99. The summed E-state index contributed by atoms with van der Waals surface area (Å²) in [7, 11) is 0. The predicted molar refractivity (Wildman–Crippen MR) is 67.4 cm³/mol. The molecule has 0 spiro atoms. The van der Waals surface area contributed by atoms with Crippen molar-refractivity contribution in [2.75, 3.05) is 6.54 Å². The van der Waals surface area contributed by atoms with Crippen molar-refractivity contribution >= 4 is 11.8 Å². The molecule has 0 aromatic heterocycles. The van der Waals surface area contributed by atoms with Gasteiger partial charge >= 0.3 is 0 Å². The van der Waals surface area contributed by atoms with Crippen LogP contribution in [-0.2, 0) is 9.59 Å². The van der Waals surface area contributed by atoms with Crippen molar-refractivity contribution in [3.63, 3.8) is 0 Å². The first-order chi connectivity index (χ1) is 7.94. The van der Waals surface area contributed by atoms with Crippen molar-refractivity contribution in [3.8, 4) is 0 Å². The second-order valence-electron chi connectivity index (χ2n) is 4.95. The Labute approximate surface area is 103 Å². The minimum atomic E-state index is -0.789. The number of carbonyl (C=O) groups is 2. The topological polar surface area (TPSA) is 49.4 Å². The quantitative estimate of drug-likeness (QED) is 0.754. The minimum Gasteiger partial charge on any atom is -0.340 e. The number of nitrogens with one attached hydrogen (secondary N) is 1. The lowest BCUT2D eigenvalue weighted by Crippen LogP contribution is -2.68. The predicted octanol–water partition coefficient (Wildman–Crippen LogP) is 1.47. The largest absolute Gasteiger partial charge is 0.340 e. The number of allylic oxidation sites excluding steroid dienone is 1. The molecule has 1 aliphatic rings. The van der Waals surface area contributed by atoms with E-state index in [1.54, 1.807) is 18.7 Å². The van der Waals surface area contributed by atoms with Gasteiger partial charge in [-0.2, -0.15) is 0 Å². The molecule has 2 amide bonds. The third kappa shape index (κ3) is 2.87. The van der Waals surface area contributed by atoms with E-state index >= 15 is 0 Å². The average Bonchev–Trinajstić information content (AvgIpc) is 2.25. The van der Waals surface area contributed by atoms with Crippen LogP contribution in [0.5, 0.6) is 0 Å². The highest BCUT2D eigenvalue weighted by Gasteiger charge is 2.44. The van der Waals surface area contributed by atoms with Gasteiger partial charge in [0, 0.05) is 6.54 Å². The van der Waals surface area contributed by atoms with Crippen LogP contribution in [0, 0.1) is 0 Å². The number of rotatable bonds is 4. The molecule has 1 heterocycles. The van der Waals surface area contributed by atoms with E-state index in [1.165, 1.54) is 0 Å². The van der Waals surface area contributed by atoms with Gasteiger partial charge in [-0.15, -0.1) is 0 Å². The first-order valence-electron chi connectivity index (χ1n) is 6.18. The summed E-state index contributed by atoms with van der Waals surface area (Å²) in [6.07, 6.45) is 5.41. The molecule has 4 heteroatoms. The van der Waals surface area contributed by atoms with Crippen LogP contribution in [-0.4, -0.2) is 34.8 Å². The lowest BCUT2D eigenvalue weighted by molar-refractivity contribution is -0.153. The van der Waals surface area contributed by atoms with Gasteiger partial charge in [-0.1, -0.05) is 25.5 Å². The van der Waals surface area contributed by atoms with Crippen molar-refractivity contribution in [1.82, 2.24) is 10.2 Å². The van der Waals surface area contributed by atoms with E-state index in [4.69, 9.17) is 0 Å². The monoisotopic (exact) mass is 238 g/mol. The molecule has 0 bridgehead atoms. The Balaban J connectivity index is 2.95. The van der Waals surface area contributed by atoms with Crippen LogP contribution in [0.3, 0.4) is 0 Å². The van der Waals surface area contributed by atoms with Gasteiger partial charge in [0.05, 0.1) is 0 Å². The molecule has 1 rings (SSSR count). The Hall–Kier alpha value is -1.32. The molecular weight excluding hydrogens is 216 g/mol. The molecule has 1 aliphatic heterocycles. The molecule has 1 unspecified atom stereocenters. The Morgan fingerprint density at radius 1 is 1.41 bits per heavy atom. The van der Waals surface area contributed by atoms with Gasteiger partial charge in [0.1, 0.15) is 11.6 Å². The summed E-state index contributed by atoms with van der Waals surface area (Å²) in [5.74, 6) is -0.0467. The fourth-order valence-electron chi connectivity index (χ4n) is 2.08. The average molecular weight is 238 g/mol. The maximum atomic E-state index is 12.3. The van der Waals surface area contributed by atoms with Crippen molar-refractivity contribution in [2.45, 2.75) is 52.1 Å². The highest BCUT2D eigenvalue weighted by atomic mass is 16.2. The minimum absolute atomic E-state index is 0.00588. The molecule has 1 saturated heterocycles. The molecule has 1 N–H and O–H groups in total. The molecule has 0 aromatic carbocycles. The van der Waals surface area contributed by atoms with Crippen molar-refractivity contribution in [3.05, 3.63) is 12.2 Å². The number of hydrogen-bond donors (Lipinski definition) is 1. The zero-order chi connectivity index (χ0) is 13.1. The Morgan fingerprint density at radius 2 is 2.06 bits per heavy atom. The Kier molecular flexibility index (Phi) is 4.32. The summed E-state index contributed by atoms with van der Waals surface area (Å²) >= 11 is 0. The van der Waals surface area contributed by atoms with Crippen LogP contribution in [0.4, 0.5) is 0 Å². The van der Waals surface area contributed by atoms with E-state index in [0.717, 1.165) is 6.42 Å². The SMILES string of the molecule is C/C=C/CN1C(=O)C(C)(C)NC(=O)C1CCC. The molecule has 1 fully saturated rings. The number of piperazine rings is 1. The van der Waals surface area contributed by atoms with Crippen LogP contribution >= 0.6 is 0 Å². The van der Waals surface area contributed by atoms with Crippen LogP contribution < -0.4 is 5.32 Å². The Bertz CT molecular complexity index is 334. The van der Waals surface area contributed by atoms with Gasteiger partial charge < -0.3 is 10.2 Å². The van der Waals surface area contributed by atoms with E-state index in [0.29, 0.717) is 13.0 Å². The zero-order valence-electron chi connectivity index (χ0n) is 11.1. The van der Waals surface area contributed by atoms with E-state index in [2.05, 4.69) is 5.32 Å². The third-order valence-corrected chi connectivity index (χ3v) is 3.01. The lowest BCUT2D eigenvalue weighted by atomic mass is 9.95. The second-order valence-corrected chi connectivity index (χ2v) is 4.95. The summed E-state index contributed by atoms with van der Waals surface area (Å²) in [5, 5.41) is 2.79. The molecule has 96 valence electrons. The second kappa shape index (κ2) is 5.34. The lowest BCUT2D eigenvalue weighted by Gasteiger charge is -2.42. The standard InChI is InChI=1S/C13H22N2O2/c1-5-7-9-15-10(8-6-2)11(16)14-13(3,4)12(15)17/h5,7,10H,6,8-9H2,1-4H3,(H,14,16)/b7-5+. The number of carbonyl (C=O) groups excluding carboxylic acids is 2. The molecule has 17 heavy (non-hydrogen) atoms. The van der Waals surface area contributed by atoms with Gasteiger partial charge in [-0.05, 0) is 27.2 Å². The smallest absolute Gasteiger partial charge is 0.248 e. The van der Waals surface area contributed by atoms with E-state index in [-0.39, 0.29) is 17.9 Å².